The summed E-state index contributed by atoms with van der Waals surface area (Å²) in [6.45, 7) is 0.877. The van der Waals surface area contributed by atoms with Gasteiger partial charge in [-0.3, -0.25) is 14.8 Å². The molecule has 4 rings (SSSR count). The average molecular weight is 537 g/mol. The molecule has 0 saturated carbocycles. The fraction of sp³-hybridized carbons (Fsp3) is 0.292. The number of aryl methyl sites for hydroxylation is 1. The van der Waals surface area contributed by atoms with Gasteiger partial charge in [0, 0.05) is 37.2 Å². The number of hydrogen-bond acceptors (Lipinski definition) is 8. The van der Waals surface area contributed by atoms with Crippen molar-refractivity contribution in [3.05, 3.63) is 77.9 Å². The first-order valence-corrected chi connectivity index (χ1v) is 12.7. The van der Waals surface area contributed by atoms with Crippen LogP contribution in [0.2, 0.25) is 0 Å². The Hall–Kier alpha value is -3.55. The van der Waals surface area contributed by atoms with Gasteiger partial charge in [-0.25, -0.2) is 4.72 Å². The standard InChI is InChI=1S/C24H23F3N4O5S/c25-24(26,27)37(34,35)31-23(33)20-11-16(7-9-30-20)15-4-6-22-17(10-15)3-5-19(36-22)13-29-14-21(32)18-2-1-8-28-12-18/h1-2,4,6-12,19,21,29,32H,3,5,13-14H2,(H,31,33). The van der Waals surface area contributed by atoms with Crippen molar-refractivity contribution in [1.82, 2.24) is 20.0 Å². The third kappa shape index (κ3) is 6.42. The van der Waals surface area contributed by atoms with Gasteiger partial charge in [0.25, 0.3) is 5.91 Å². The number of sulfonamides is 1. The summed E-state index contributed by atoms with van der Waals surface area (Å²) in [4.78, 5) is 19.8. The molecule has 1 aliphatic rings. The van der Waals surface area contributed by atoms with Gasteiger partial charge in [-0.05, 0) is 59.9 Å². The van der Waals surface area contributed by atoms with E-state index in [4.69, 9.17) is 4.74 Å². The zero-order valence-corrected chi connectivity index (χ0v) is 20.1. The smallest absolute Gasteiger partial charge is 0.489 e. The molecule has 3 N–H and O–H groups in total. The zero-order chi connectivity index (χ0) is 26.6. The molecule has 1 aliphatic heterocycles. The summed E-state index contributed by atoms with van der Waals surface area (Å²) >= 11 is 0. The molecule has 2 atom stereocenters. The van der Waals surface area contributed by atoms with E-state index in [1.807, 2.05) is 6.07 Å². The molecule has 0 radical (unpaired) electrons. The van der Waals surface area contributed by atoms with Gasteiger partial charge < -0.3 is 15.2 Å². The highest BCUT2D eigenvalue weighted by molar-refractivity contribution is 7.90. The number of carbonyl (C=O) groups is 1. The molecule has 1 amide bonds. The highest BCUT2D eigenvalue weighted by atomic mass is 32.2. The number of hydrogen-bond donors (Lipinski definition) is 3. The minimum Gasteiger partial charge on any atom is -0.489 e. The summed E-state index contributed by atoms with van der Waals surface area (Å²) in [6.07, 6.45) is 5.08. The van der Waals surface area contributed by atoms with Crippen LogP contribution in [0.4, 0.5) is 13.2 Å². The van der Waals surface area contributed by atoms with E-state index >= 15 is 0 Å². The maximum atomic E-state index is 12.6. The molecule has 37 heavy (non-hydrogen) atoms. The van der Waals surface area contributed by atoms with Gasteiger partial charge in [-0.2, -0.15) is 21.6 Å². The number of aromatic nitrogens is 2. The number of aliphatic hydroxyl groups excluding tert-OH is 1. The molecule has 0 fully saturated rings. The van der Waals surface area contributed by atoms with Gasteiger partial charge in [0.2, 0.25) is 0 Å². The molecule has 196 valence electrons. The summed E-state index contributed by atoms with van der Waals surface area (Å²) in [5.41, 5.74) is -3.33. The Kier molecular flexibility index (Phi) is 7.76. The second-order valence-corrected chi connectivity index (χ2v) is 10.0. The van der Waals surface area contributed by atoms with Crippen molar-refractivity contribution in [2.45, 2.75) is 30.6 Å². The highest BCUT2D eigenvalue weighted by Crippen LogP contribution is 2.32. The average Bonchev–Trinajstić information content (AvgIpc) is 2.88. The third-order valence-electron chi connectivity index (χ3n) is 5.73. The van der Waals surface area contributed by atoms with Gasteiger partial charge in [0.15, 0.2) is 0 Å². The number of pyridine rings is 2. The number of rotatable bonds is 8. The second-order valence-electron chi connectivity index (χ2n) is 8.37. The Labute approximate surface area is 210 Å². The Morgan fingerprint density at radius 1 is 1.16 bits per heavy atom. The zero-order valence-electron chi connectivity index (χ0n) is 19.3. The van der Waals surface area contributed by atoms with Crippen molar-refractivity contribution in [3.8, 4) is 16.9 Å². The van der Waals surface area contributed by atoms with Crippen LogP contribution in [-0.2, 0) is 16.4 Å². The lowest BCUT2D eigenvalue weighted by molar-refractivity contribution is -0.0446. The van der Waals surface area contributed by atoms with Crippen LogP contribution in [0.1, 0.15) is 34.1 Å². The van der Waals surface area contributed by atoms with E-state index in [2.05, 4.69) is 15.3 Å². The summed E-state index contributed by atoms with van der Waals surface area (Å²) in [7, 11) is -5.84. The lowest BCUT2D eigenvalue weighted by Gasteiger charge is -2.27. The number of nitrogens with zero attached hydrogens (tertiary/aromatic N) is 2. The van der Waals surface area contributed by atoms with Crippen molar-refractivity contribution in [2.24, 2.45) is 0 Å². The number of amides is 1. The predicted molar refractivity (Wildman–Crippen MR) is 127 cm³/mol. The minimum atomic E-state index is -5.84. The van der Waals surface area contributed by atoms with Crippen LogP contribution in [-0.4, -0.2) is 54.1 Å². The molecule has 0 aliphatic carbocycles. The largest absolute Gasteiger partial charge is 0.516 e. The molecular weight excluding hydrogens is 513 g/mol. The molecule has 1 aromatic carbocycles. The molecule has 3 heterocycles. The molecule has 2 unspecified atom stereocenters. The van der Waals surface area contributed by atoms with Crippen molar-refractivity contribution in [3.63, 3.8) is 0 Å². The number of benzene rings is 1. The van der Waals surface area contributed by atoms with Gasteiger partial charge in [-0.1, -0.05) is 12.1 Å². The Bertz CT molecular complexity index is 1370. The lowest BCUT2D eigenvalue weighted by Crippen LogP contribution is -2.40. The SMILES string of the molecule is O=C(NS(=O)(=O)C(F)(F)F)c1cc(-c2ccc3c(c2)CCC(CNCC(O)c2cccnc2)O3)ccn1. The molecule has 9 nitrogen and oxygen atoms in total. The Balaban J connectivity index is 1.38. The molecule has 13 heteroatoms. The van der Waals surface area contributed by atoms with E-state index in [0.717, 1.165) is 15.8 Å². The first-order chi connectivity index (χ1) is 17.5. The van der Waals surface area contributed by atoms with Gasteiger partial charge in [-0.15, -0.1) is 0 Å². The van der Waals surface area contributed by atoms with Crippen LogP contribution in [0.25, 0.3) is 11.1 Å². The van der Waals surface area contributed by atoms with E-state index in [1.54, 1.807) is 42.7 Å². The van der Waals surface area contributed by atoms with Crippen molar-refractivity contribution in [1.29, 1.82) is 0 Å². The van der Waals surface area contributed by atoms with Crippen LogP contribution in [0, 0.1) is 0 Å². The third-order valence-corrected chi connectivity index (χ3v) is 6.79. The first kappa shape index (κ1) is 26.5. The van der Waals surface area contributed by atoms with E-state index in [1.165, 1.54) is 12.3 Å². The fourth-order valence-corrected chi connectivity index (χ4v) is 4.27. The summed E-state index contributed by atoms with van der Waals surface area (Å²) in [5, 5.41) is 13.4. The topological polar surface area (TPSA) is 131 Å². The van der Waals surface area contributed by atoms with E-state index in [0.29, 0.717) is 42.8 Å². The monoisotopic (exact) mass is 536 g/mol. The van der Waals surface area contributed by atoms with Crippen molar-refractivity contribution in [2.75, 3.05) is 13.1 Å². The highest BCUT2D eigenvalue weighted by Gasteiger charge is 2.47. The molecule has 0 spiro atoms. The summed E-state index contributed by atoms with van der Waals surface area (Å²) in [6, 6.07) is 11.7. The second kappa shape index (κ2) is 10.8. The van der Waals surface area contributed by atoms with E-state index in [9.17, 15) is 31.5 Å². The van der Waals surface area contributed by atoms with Crippen LogP contribution in [0.3, 0.4) is 0 Å². The minimum absolute atomic E-state index is 0.105. The number of halogens is 3. The van der Waals surface area contributed by atoms with Crippen LogP contribution >= 0.6 is 0 Å². The summed E-state index contributed by atoms with van der Waals surface area (Å²) < 4.78 is 67.2. The van der Waals surface area contributed by atoms with Crippen LogP contribution in [0.15, 0.2) is 61.1 Å². The first-order valence-electron chi connectivity index (χ1n) is 11.2. The Morgan fingerprint density at radius 2 is 1.95 bits per heavy atom. The quantitative estimate of drug-likeness (QED) is 0.401. The Morgan fingerprint density at radius 3 is 2.68 bits per heavy atom. The van der Waals surface area contributed by atoms with Crippen molar-refractivity contribution < 1.29 is 36.2 Å². The van der Waals surface area contributed by atoms with Crippen molar-refractivity contribution >= 4 is 15.9 Å². The van der Waals surface area contributed by atoms with Gasteiger partial charge in [0.05, 0.1) is 6.10 Å². The normalized spacial score (nSPS) is 16.4. The lowest BCUT2D eigenvalue weighted by atomic mass is 9.97. The molecule has 0 bridgehead atoms. The molecular formula is C24H23F3N4O5S. The number of aliphatic hydroxyl groups is 1. The maximum Gasteiger partial charge on any atom is 0.516 e. The number of nitrogens with one attached hydrogen (secondary N) is 2. The molecule has 2 aromatic heterocycles. The number of fused-ring (bicyclic) bond motifs is 1. The summed E-state index contributed by atoms with van der Waals surface area (Å²) in [5.74, 6) is -0.803. The van der Waals surface area contributed by atoms with E-state index < -0.39 is 33.2 Å². The number of carbonyl (C=O) groups excluding carboxylic acids is 1. The van der Waals surface area contributed by atoms with Gasteiger partial charge >= 0.3 is 15.5 Å². The van der Waals surface area contributed by atoms with Gasteiger partial charge in [0.1, 0.15) is 17.5 Å². The maximum absolute atomic E-state index is 12.6. The van der Waals surface area contributed by atoms with Crippen LogP contribution < -0.4 is 14.8 Å². The number of alkyl halides is 3. The fourth-order valence-electron chi connectivity index (χ4n) is 3.81. The van der Waals surface area contributed by atoms with E-state index in [-0.39, 0.29) is 6.10 Å². The van der Waals surface area contributed by atoms with Crippen LogP contribution in [0.5, 0.6) is 5.75 Å². The predicted octanol–water partition coefficient (Wildman–Crippen LogP) is 2.74. The number of ether oxygens (including phenoxy) is 1. The molecule has 0 saturated heterocycles. The molecule has 3 aromatic rings.